The molecule has 0 saturated carbocycles. The largest absolute Gasteiger partial charge is 0.478 e. The minimum Gasteiger partial charge on any atom is -0.478 e. The van der Waals surface area contributed by atoms with Crippen LogP contribution < -0.4 is 10.6 Å². The fourth-order valence-corrected chi connectivity index (χ4v) is 2.49. The number of aromatic carboxylic acids is 1. The van der Waals surface area contributed by atoms with Crippen molar-refractivity contribution >= 4 is 17.7 Å². The molecular weight excluding hydrogens is 270 g/mol. The zero-order valence-corrected chi connectivity index (χ0v) is 12.3. The van der Waals surface area contributed by atoms with E-state index in [-0.39, 0.29) is 11.6 Å². The van der Waals surface area contributed by atoms with Gasteiger partial charge in [0.05, 0.1) is 5.56 Å². The molecule has 2 rings (SSSR count). The molecule has 1 unspecified atom stereocenters. The summed E-state index contributed by atoms with van der Waals surface area (Å²) >= 11 is 0. The SMILES string of the molecule is Cc1ccc(C(=O)O)cc1NC(=O)NCC1CCN(C)C1. The number of nitrogens with one attached hydrogen (secondary N) is 2. The van der Waals surface area contributed by atoms with Crippen LogP contribution in [0.2, 0.25) is 0 Å². The summed E-state index contributed by atoms with van der Waals surface area (Å²) in [4.78, 5) is 25.1. The third-order valence-electron chi connectivity index (χ3n) is 3.77. The lowest BCUT2D eigenvalue weighted by Crippen LogP contribution is -2.34. The molecule has 1 aliphatic rings. The first-order valence-corrected chi connectivity index (χ1v) is 7.03. The first-order chi connectivity index (χ1) is 9.95. The van der Waals surface area contributed by atoms with Crippen LogP contribution in [0.25, 0.3) is 0 Å². The number of carbonyl (C=O) groups is 2. The number of carboxylic acid groups (broad SMARTS) is 1. The van der Waals surface area contributed by atoms with Crippen LogP contribution in [0.4, 0.5) is 10.5 Å². The first-order valence-electron chi connectivity index (χ1n) is 7.03. The predicted octanol–water partition coefficient (Wildman–Crippen LogP) is 1.77. The quantitative estimate of drug-likeness (QED) is 0.789. The third kappa shape index (κ3) is 4.19. The highest BCUT2D eigenvalue weighted by atomic mass is 16.4. The minimum atomic E-state index is -1.01. The van der Waals surface area contributed by atoms with Crippen LogP contribution in [-0.2, 0) is 0 Å². The zero-order chi connectivity index (χ0) is 15.4. The van der Waals surface area contributed by atoms with E-state index in [2.05, 4.69) is 22.6 Å². The maximum absolute atomic E-state index is 11.9. The van der Waals surface area contributed by atoms with Gasteiger partial charge in [0, 0.05) is 18.8 Å². The molecule has 2 amide bonds. The Morgan fingerprint density at radius 1 is 1.43 bits per heavy atom. The highest BCUT2D eigenvalue weighted by Gasteiger charge is 2.19. The Morgan fingerprint density at radius 2 is 2.19 bits per heavy atom. The van der Waals surface area contributed by atoms with Gasteiger partial charge in [0.25, 0.3) is 0 Å². The summed E-state index contributed by atoms with van der Waals surface area (Å²) in [5.74, 6) is -0.528. The minimum absolute atomic E-state index is 0.160. The molecule has 1 atom stereocenters. The molecule has 21 heavy (non-hydrogen) atoms. The second kappa shape index (κ2) is 6.58. The number of rotatable bonds is 4. The lowest BCUT2D eigenvalue weighted by Gasteiger charge is -2.13. The maximum atomic E-state index is 11.9. The molecular formula is C15H21N3O3. The average molecular weight is 291 g/mol. The summed E-state index contributed by atoms with van der Waals surface area (Å²) in [5, 5.41) is 14.5. The van der Waals surface area contributed by atoms with Gasteiger partial charge in [0.1, 0.15) is 0 Å². The van der Waals surface area contributed by atoms with Gasteiger partial charge in [0.2, 0.25) is 0 Å². The summed E-state index contributed by atoms with van der Waals surface area (Å²) in [6.45, 7) is 4.52. The first kappa shape index (κ1) is 15.3. The van der Waals surface area contributed by atoms with Crippen molar-refractivity contribution < 1.29 is 14.7 Å². The van der Waals surface area contributed by atoms with Crippen LogP contribution in [0.5, 0.6) is 0 Å². The standard InChI is InChI=1S/C15H21N3O3/c1-10-3-4-12(14(19)20)7-13(10)17-15(21)16-8-11-5-6-18(2)9-11/h3-4,7,11H,5-6,8-9H2,1-2H3,(H,19,20)(H2,16,17,21). The number of likely N-dealkylation sites (tertiary alicyclic amines) is 1. The number of aryl methyl sites for hydroxylation is 1. The molecule has 1 saturated heterocycles. The van der Waals surface area contributed by atoms with Crippen molar-refractivity contribution in [1.82, 2.24) is 10.2 Å². The molecule has 1 heterocycles. The van der Waals surface area contributed by atoms with Gasteiger partial charge in [-0.1, -0.05) is 6.07 Å². The van der Waals surface area contributed by atoms with E-state index in [1.165, 1.54) is 12.1 Å². The van der Waals surface area contributed by atoms with Crippen molar-refractivity contribution in [1.29, 1.82) is 0 Å². The maximum Gasteiger partial charge on any atom is 0.335 e. The number of hydrogen-bond acceptors (Lipinski definition) is 3. The van der Waals surface area contributed by atoms with E-state index >= 15 is 0 Å². The van der Waals surface area contributed by atoms with Gasteiger partial charge in [-0.3, -0.25) is 0 Å². The molecule has 0 radical (unpaired) electrons. The predicted molar refractivity (Wildman–Crippen MR) is 80.8 cm³/mol. The van der Waals surface area contributed by atoms with E-state index in [9.17, 15) is 9.59 Å². The molecule has 1 aromatic carbocycles. The molecule has 3 N–H and O–H groups in total. The van der Waals surface area contributed by atoms with E-state index in [0.717, 1.165) is 25.1 Å². The van der Waals surface area contributed by atoms with Crippen LogP contribution in [-0.4, -0.2) is 48.7 Å². The van der Waals surface area contributed by atoms with Gasteiger partial charge in [-0.05, 0) is 50.6 Å². The molecule has 0 aliphatic carbocycles. The Balaban J connectivity index is 1.90. The Kier molecular flexibility index (Phi) is 4.80. The fourth-order valence-electron chi connectivity index (χ4n) is 2.49. The van der Waals surface area contributed by atoms with Gasteiger partial charge in [-0.15, -0.1) is 0 Å². The topological polar surface area (TPSA) is 81.7 Å². The summed E-state index contributed by atoms with van der Waals surface area (Å²) in [7, 11) is 2.07. The van der Waals surface area contributed by atoms with Gasteiger partial charge in [-0.2, -0.15) is 0 Å². The van der Waals surface area contributed by atoms with Gasteiger partial charge < -0.3 is 20.6 Å². The Morgan fingerprint density at radius 3 is 2.81 bits per heavy atom. The van der Waals surface area contributed by atoms with Crippen molar-refractivity contribution in [2.75, 3.05) is 32.0 Å². The molecule has 1 fully saturated rings. The lowest BCUT2D eigenvalue weighted by atomic mass is 10.1. The number of hydrogen-bond donors (Lipinski definition) is 3. The van der Waals surface area contributed by atoms with Crippen LogP contribution in [0, 0.1) is 12.8 Å². The summed E-state index contributed by atoms with van der Waals surface area (Å²) in [5.41, 5.74) is 1.51. The second-order valence-electron chi connectivity index (χ2n) is 5.59. The number of benzene rings is 1. The van der Waals surface area contributed by atoms with E-state index in [1.807, 2.05) is 6.92 Å². The molecule has 0 aromatic heterocycles. The van der Waals surface area contributed by atoms with Crippen molar-refractivity contribution in [2.45, 2.75) is 13.3 Å². The van der Waals surface area contributed by atoms with Crippen molar-refractivity contribution in [2.24, 2.45) is 5.92 Å². The molecule has 0 bridgehead atoms. The molecule has 1 aromatic rings. The number of anilines is 1. The van der Waals surface area contributed by atoms with E-state index in [0.29, 0.717) is 18.2 Å². The monoisotopic (exact) mass is 291 g/mol. The second-order valence-corrected chi connectivity index (χ2v) is 5.59. The van der Waals surface area contributed by atoms with E-state index < -0.39 is 5.97 Å². The van der Waals surface area contributed by atoms with Crippen LogP contribution in [0.1, 0.15) is 22.3 Å². The summed E-state index contributed by atoms with van der Waals surface area (Å²) in [6.07, 6.45) is 1.09. The highest BCUT2D eigenvalue weighted by molar-refractivity contribution is 5.93. The van der Waals surface area contributed by atoms with Gasteiger partial charge in [0.15, 0.2) is 0 Å². The zero-order valence-electron chi connectivity index (χ0n) is 12.3. The number of carbonyl (C=O) groups excluding carboxylic acids is 1. The van der Waals surface area contributed by atoms with Crippen LogP contribution in [0.15, 0.2) is 18.2 Å². The third-order valence-corrected chi connectivity index (χ3v) is 3.77. The summed E-state index contributed by atoms with van der Waals surface area (Å²) in [6, 6.07) is 4.39. The number of amides is 2. The average Bonchev–Trinajstić information content (AvgIpc) is 2.84. The van der Waals surface area contributed by atoms with Crippen molar-refractivity contribution in [3.05, 3.63) is 29.3 Å². The smallest absolute Gasteiger partial charge is 0.335 e. The summed E-state index contributed by atoms with van der Waals surface area (Å²) < 4.78 is 0. The number of carboxylic acids is 1. The van der Waals surface area contributed by atoms with E-state index in [4.69, 9.17) is 5.11 Å². The van der Waals surface area contributed by atoms with Gasteiger partial charge >= 0.3 is 12.0 Å². The van der Waals surface area contributed by atoms with Gasteiger partial charge in [-0.25, -0.2) is 9.59 Å². The highest BCUT2D eigenvalue weighted by Crippen LogP contribution is 2.17. The van der Waals surface area contributed by atoms with Crippen LogP contribution in [0.3, 0.4) is 0 Å². The fraction of sp³-hybridized carbons (Fsp3) is 0.467. The van der Waals surface area contributed by atoms with Crippen LogP contribution >= 0.6 is 0 Å². The molecule has 114 valence electrons. The number of nitrogens with zero attached hydrogens (tertiary/aromatic N) is 1. The molecule has 6 heteroatoms. The Hall–Kier alpha value is -2.08. The normalized spacial score (nSPS) is 18.5. The molecule has 1 aliphatic heterocycles. The van der Waals surface area contributed by atoms with Crippen molar-refractivity contribution in [3.8, 4) is 0 Å². The lowest BCUT2D eigenvalue weighted by molar-refractivity contribution is 0.0697. The molecule has 6 nitrogen and oxygen atoms in total. The molecule has 0 spiro atoms. The van der Waals surface area contributed by atoms with Crippen molar-refractivity contribution in [3.63, 3.8) is 0 Å². The number of urea groups is 1. The van der Waals surface area contributed by atoms with E-state index in [1.54, 1.807) is 6.07 Å². The Labute approximate surface area is 124 Å². The Bertz CT molecular complexity index is 545.